The van der Waals surface area contributed by atoms with Gasteiger partial charge in [0.1, 0.15) is 22.9 Å². The fourth-order valence-electron chi connectivity index (χ4n) is 4.57. The first-order chi connectivity index (χ1) is 18.3. The van der Waals surface area contributed by atoms with Crippen LogP contribution in [0.4, 0.5) is 15.9 Å². The number of ether oxygens (including phenoxy) is 1. The van der Waals surface area contributed by atoms with E-state index in [-0.39, 0.29) is 17.8 Å². The largest absolute Gasteiger partial charge is 0.479 e. The van der Waals surface area contributed by atoms with E-state index in [9.17, 15) is 12.8 Å². The van der Waals surface area contributed by atoms with Crippen molar-refractivity contribution in [3.63, 3.8) is 0 Å². The molecule has 1 atom stereocenters. The van der Waals surface area contributed by atoms with Crippen molar-refractivity contribution in [1.82, 2.24) is 39.7 Å². The third-order valence-electron chi connectivity index (χ3n) is 6.57. The van der Waals surface area contributed by atoms with Crippen LogP contribution in [0.2, 0.25) is 0 Å². The Morgan fingerprint density at radius 3 is 2.63 bits per heavy atom. The number of aromatic amines is 1. The first kappa shape index (κ1) is 25.9. The maximum atomic E-state index is 14.3. The van der Waals surface area contributed by atoms with Crippen molar-refractivity contribution >= 4 is 33.4 Å². The number of thiol groups is 1. The number of imidazole rings is 1. The molecule has 4 aromatic rings. The van der Waals surface area contributed by atoms with E-state index < -0.39 is 16.5 Å². The van der Waals surface area contributed by atoms with E-state index >= 15 is 0 Å². The summed E-state index contributed by atoms with van der Waals surface area (Å²) in [7, 11) is -1.08. The molecule has 0 aliphatic carbocycles. The minimum atomic E-state index is -2.44. The SMILES string of the molecule is COc1ncc(Nc2ncc([C@@H](C)N3CCN(C[SH](=O)=O)CC3)cc2-c2nc(C)nc3[nH]cnc23)cc1F. The zero-order chi connectivity index (χ0) is 26.8. The summed E-state index contributed by atoms with van der Waals surface area (Å²) in [5.41, 5.74) is 3.80. The smallest absolute Gasteiger partial charge is 0.250 e. The second-order valence-corrected chi connectivity index (χ2v) is 9.98. The molecule has 0 radical (unpaired) electrons. The van der Waals surface area contributed by atoms with E-state index in [1.54, 1.807) is 19.4 Å². The molecule has 4 aromatic heterocycles. The molecule has 1 saturated heterocycles. The molecular formula is C24H28FN9O3S. The van der Waals surface area contributed by atoms with Gasteiger partial charge in [-0.2, -0.15) is 0 Å². The predicted molar refractivity (Wildman–Crippen MR) is 140 cm³/mol. The van der Waals surface area contributed by atoms with Gasteiger partial charge in [-0.3, -0.25) is 9.80 Å². The van der Waals surface area contributed by atoms with Crippen LogP contribution in [0.1, 0.15) is 24.4 Å². The molecule has 0 bridgehead atoms. The zero-order valence-corrected chi connectivity index (χ0v) is 22.1. The molecule has 0 spiro atoms. The summed E-state index contributed by atoms with van der Waals surface area (Å²) in [4.78, 5) is 29.5. The van der Waals surface area contributed by atoms with Gasteiger partial charge in [-0.05, 0) is 25.5 Å². The summed E-state index contributed by atoms with van der Waals surface area (Å²) >= 11 is 0. The molecule has 5 rings (SSSR count). The van der Waals surface area contributed by atoms with Gasteiger partial charge in [-0.25, -0.2) is 37.7 Å². The normalized spacial score (nSPS) is 15.7. The number of pyridine rings is 2. The standard InChI is InChI=1S/C24H28FN9O3S/c1-14(34-6-4-33(5-7-34)13-38(35)36)16-8-18(20-21-23(29-12-28-21)31-15(2)30-20)22(26-10-16)32-17-9-19(25)24(37-3)27-11-17/h8-12,14,38H,4-7,13H2,1-3H3,(H,26,32)(H,28,29,30,31)/t14-/m1/s1. The Morgan fingerprint density at radius 2 is 1.92 bits per heavy atom. The first-order valence-corrected chi connectivity index (χ1v) is 13.4. The average molecular weight is 542 g/mol. The van der Waals surface area contributed by atoms with Crippen molar-refractivity contribution in [3.8, 4) is 17.1 Å². The molecule has 0 unspecified atom stereocenters. The van der Waals surface area contributed by atoms with Gasteiger partial charge in [0.2, 0.25) is 5.88 Å². The van der Waals surface area contributed by atoms with Crippen molar-refractivity contribution in [2.75, 3.05) is 44.5 Å². The zero-order valence-electron chi connectivity index (χ0n) is 21.2. The fraction of sp³-hybridized carbons (Fsp3) is 0.375. The summed E-state index contributed by atoms with van der Waals surface area (Å²) < 4.78 is 41.5. The molecule has 1 fully saturated rings. The Bertz CT molecular complexity index is 1530. The summed E-state index contributed by atoms with van der Waals surface area (Å²) in [6.07, 6.45) is 4.81. The van der Waals surface area contributed by atoms with Crippen molar-refractivity contribution in [3.05, 3.63) is 48.1 Å². The van der Waals surface area contributed by atoms with Gasteiger partial charge in [-0.15, -0.1) is 0 Å². The number of aryl methyl sites for hydroxylation is 1. The minimum absolute atomic E-state index is 0.0103. The molecule has 12 nitrogen and oxygen atoms in total. The highest BCUT2D eigenvalue weighted by atomic mass is 32.2. The second-order valence-electron chi connectivity index (χ2n) is 9.03. The Balaban J connectivity index is 1.51. The number of methoxy groups -OCH3 is 1. The van der Waals surface area contributed by atoms with E-state index in [2.05, 4.69) is 42.1 Å². The Morgan fingerprint density at radius 1 is 1.13 bits per heavy atom. The molecule has 0 amide bonds. The molecule has 1 aliphatic rings. The number of hydrogen-bond donors (Lipinski definition) is 3. The average Bonchev–Trinajstić information content (AvgIpc) is 3.37. The molecule has 0 saturated carbocycles. The van der Waals surface area contributed by atoms with Crippen LogP contribution < -0.4 is 10.1 Å². The van der Waals surface area contributed by atoms with E-state index in [0.717, 1.165) is 18.7 Å². The van der Waals surface area contributed by atoms with Crippen molar-refractivity contribution in [2.45, 2.75) is 19.9 Å². The maximum absolute atomic E-state index is 14.3. The van der Waals surface area contributed by atoms with Crippen LogP contribution in [-0.4, -0.2) is 87.3 Å². The number of rotatable bonds is 8. The first-order valence-electron chi connectivity index (χ1n) is 12.0. The molecular weight excluding hydrogens is 513 g/mol. The van der Waals surface area contributed by atoms with Crippen molar-refractivity contribution in [2.24, 2.45) is 0 Å². The van der Waals surface area contributed by atoms with Crippen LogP contribution in [-0.2, 0) is 10.7 Å². The van der Waals surface area contributed by atoms with Gasteiger partial charge in [0.25, 0.3) is 0 Å². The number of aromatic nitrogens is 6. The lowest BCUT2D eigenvalue weighted by molar-refractivity contribution is 0.114. The molecule has 1 aliphatic heterocycles. The van der Waals surface area contributed by atoms with E-state index in [4.69, 9.17) is 9.72 Å². The van der Waals surface area contributed by atoms with Crippen LogP contribution in [0.5, 0.6) is 5.88 Å². The lowest BCUT2D eigenvalue weighted by Crippen LogP contribution is -2.47. The number of anilines is 2. The van der Waals surface area contributed by atoms with E-state index in [1.807, 2.05) is 11.0 Å². The van der Waals surface area contributed by atoms with Crippen molar-refractivity contribution < 1.29 is 17.5 Å². The lowest BCUT2D eigenvalue weighted by atomic mass is 10.0. The quantitative estimate of drug-likeness (QED) is 0.283. The molecule has 14 heteroatoms. The Hall–Kier alpha value is -3.75. The second kappa shape index (κ2) is 10.9. The van der Waals surface area contributed by atoms with Crippen LogP contribution in [0.3, 0.4) is 0 Å². The monoisotopic (exact) mass is 541 g/mol. The summed E-state index contributed by atoms with van der Waals surface area (Å²) in [5, 5.41) is 3.16. The maximum Gasteiger partial charge on any atom is 0.250 e. The lowest BCUT2D eigenvalue weighted by Gasteiger charge is -2.37. The number of hydrogen-bond acceptors (Lipinski definition) is 11. The van der Waals surface area contributed by atoms with Crippen molar-refractivity contribution in [1.29, 1.82) is 0 Å². The van der Waals surface area contributed by atoms with Gasteiger partial charge < -0.3 is 15.0 Å². The fourth-order valence-corrected chi connectivity index (χ4v) is 5.18. The Labute approximate surface area is 220 Å². The van der Waals surface area contributed by atoms with Gasteiger partial charge in [0.05, 0.1) is 31.2 Å². The van der Waals surface area contributed by atoms with E-state index in [0.29, 0.717) is 52.8 Å². The number of nitrogens with zero attached hydrogens (tertiary/aromatic N) is 7. The number of H-pyrrole nitrogens is 1. The molecule has 2 N–H and O–H groups in total. The van der Waals surface area contributed by atoms with Crippen LogP contribution in [0.25, 0.3) is 22.4 Å². The number of piperazine rings is 1. The number of halogens is 1. The van der Waals surface area contributed by atoms with Crippen LogP contribution in [0, 0.1) is 12.7 Å². The number of nitrogens with one attached hydrogen (secondary N) is 2. The third-order valence-corrected chi connectivity index (χ3v) is 7.20. The van der Waals surface area contributed by atoms with Gasteiger partial charge in [0, 0.05) is 50.0 Å². The summed E-state index contributed by atoms with van der Waals surface area (Å²) in [6, 6.07) is 3.30. The summed E-state index contributed by atoms with van der Waals surface area (Å²) in [5.74, 6) is 0.402. The Kier molecular flexibility index (Phi) is 7.44. The highest BCUT2D eigenvalue weighted by Crippen LogP contribution is 2.34. The predicted octanol–water partition coefficient (Wildman–Crippen LogP) is 2.26. The summed E-state index contributed by atoms with van der Waals surface area (Å²) in [6.45, 7) is 6.69. The minimum Gasteiger partial charge on any atom is -0.479 e. The third kappa shape index (κ3) is 5.42. The molecule has 200 valence electrons. The van der Waals surface area contributed by atoms with Crippen LogP contribution >= 0.6 is 0 Å². The topological polar surface area (TPSA) is 142 Å². The number of fused-ring (bicyclic) bond motifs is 1. The molecule has 0 aromatic carbocycles. The highest BCUT2D eigenvalue weighted by molar-refractivity contribution is 7.72. The van der Waals surface area contributed by atoms with Crippen LogP contribution in [0.15, 0.2) is 30.9 Å². The highest BCUT2D eigenvalue weighted by Gasteiger charge is 2.24. The van der Waals surface area contributed by atoms with Gasteiger partial charge in [-0.1, -0.05) is 0 Å². The van der Waals surface area contributed by atoms with Gasteiger partial charge >= 0.3 is 0 Å². The van der Waals surface area contributed by atoms with E-state index in [1.165, 1.54) is 19.4 Å². The van der Waals surface area contributed by atoms with Gasteiger partial charge in [0.15, 0.2) is 22.2 Å². The molecule has 5 heterocycles. The molecule has 38 heavy (non-hydrogen) atoms.